The molecule has 0 atom stereocenters. The van der Waals surface area contributed by atoms with Crippen LogP contribution in [0.5, 0.6) is 0 Å². The van der Waals surface area contributed by atoms with Crippen LogP contribution in [0.3, 0.4) is 0 Å². The Kier molecular flexibility index (Phi) is 10.5. The number of aromatic nitrogens is 2. The van der Waals surface area contributed by atoms with Crippen LogP contribution < -0.4 is 4.90 Å². The van der Waals surface area contributed by atoms with Crippen molar-refractivity contribution in [3.8, 4) is 44.8 Å². The van der Waals surface area contributed by atoms with E-state index in [0.717, 1.165) is 34.0 Å². The van der Waals surface area contributed by atoms with Crippen molar-refractivity contribution in [1.82, 2.24) is 9.13 Å². The molecule has 0 N–H and O–H groups in total. The molecule has 0 radical (unpaired) electrons. The Bertz CT molecular complexity index is 5290. The molecule has 82 heavy (non-hydrogen) atoms. The van der Waals surface area contributed by atoms with Crippen LogP contribution in [0.15, 0.2) is 297 Å². The minimum atomic E-state index is 1.09. The largest absolute Gasteiger partial charge is 0.311 e. The molecule has 0 aliphatic heterocycles. The summed E-state index contributed by atoms with van der Waals surface area (Å²) in [4.78, 5) is 2.36. The van der Waals surface area contributed by atoms with E-state index in [2.05, 4.69) is 311 Å². The van der Waals surface area contributed by atoms with Gasteiger partial charge in [-0.2, -0.15) is 0 Å². The van der Waals surface area contributed by atoms with Crippen LogP contribution in [0.1, 0.15) is 0 Å². The summed E-state index contributed by atoms with van der Waals surface area (Å²) in [5.41, 5.74) is 17.5. The predicted octanol–water partition coefficient (Wildman–Crippen LogP) is 22.2. The Hall–Kier alpha value is -10.5. The van der Waals surface area contributed by atoms with Crippen molar-refractivity contribution in [2.75, 3.05) is 4.90 Å². The quantitative estimate of drug-likeness (QED) is 0.138. The Balaban J connectivity index is 0.783. The van der Waals surface area contributed by atoms with Gasteiger partial charge in [0, 0.05) is 70.2 Å². The van der Waals surface area contributed by atoms with Crippen molar-refractivity contribution in [3.63, 3.8) is 0 Å². The second-order valence-electron chi connectivity index (χ2n) is 21.6. The highest BCUT2D eigenvalue weighted by molar-refractivity contribution is 7.26. The molecule has 14 aromatic carbocycles. The molecule has 0 amide bonds. The summed E-state index contributed by atoms with van der Waals surface area (Å²) >= 11 is 1.86. The summed E-state index contributed by atoms with van der Waals surface area (Å²) in [5.74, 6) is 0. The van der Waals surface area contributed by atoms with E-state index < -0.39 is 0 Å². The fourth-order valence-corrected chi connectivity index (χ4v) is 14.5. The van der Waals surface area contributed by atoms with Gasteiger partial charge in [0.2, 0.25) is 0 Å². The van der Waals surface area contributed by atoms with Crippen LogP contribution in [0.4, 0.5) is 17.1 Å². The molecular formula is C78H49N3S. The molecule has 0 fully saturated rings. The van der Waals surface area contributed by atoms with Gasteiger partial charge in [-0.15, -0.1) is 11.3 Å². The molecule has 382 valence electrons. The lowest BCUT2D eigenvalue weighted by Crippen LogP contribution is -2.09. The van der Waals surface area contributed by atoms with Crippen molar-refractivity contribution < 1.29 is 0 Å². The minimum Gasteiger partial charge on any atom is -0.311 e. The standard InChI is InChI=1S/C78H49N3S/c1-2-15-55(16-3-1)79(57-41-33-52(34-42-57)60-24-14-28-77-78(60)68-23-10-13-27-76(68)82-77)56-37-29-50(30-38-56)53-35-45-74-70(47-53)71-48-54(51-31-39-58(40-32-51)80-72-25-11-8-21-66(72)67-22-9-12-26-73(67)80)36-46-75(71)81(74)59-43-44-65-63-19-5-4-17-61(63)62-18-6-7-20-64(62)69(65)49-59/h1-49H. The lowest BCUT2D eigenvalue weighted by atomic mass is 9.94. The molecule has 0 aliphatic rings. The van der Waals surface area contributed by atoms with Crippen molar-refractivity contribution in [2.45, 2.75) is 0 Å². The second-order valence-corrected chi connectivity index (χ2v) is 22.7. The number of rotatable bonds is 8. The maximum absolute atomic E-state index is 2.47. The van der Waals surface area contributed by atoms with Crippen LogP contribution in [0, 0.1) is 0 Å². The number of hydrogen-bond donors (Lipinski definition) is 0. The lowest BCUT2D eigenvalue weighted by molar-refractivity contribution is 1.18. The second kappa shape index (κ2) is 18.5. The fourth-order valence-electron chi connectivity index (χ4n) is 13.3. The first-order valence-corrected chi connectivity index (χ1v) is 29.0. The Morgan fingerprint density at radius 2 is 0.646 bits per heavy atom. The maximum atomic E-state index is 2.47. The van der Waals surface area contributed by atoms with E-state index in [4.69, 9.17) is 0 Å². The van der Waals surface area contributed by atoms with E-state index in [1.807, 2.05) is 11.3 Å². The summed E-state index contributed by atoms with van der Waals surface area (Å²) in [6, 6.07) is 110. The molecule has 0 bridgehead atoms. The van der Waals surface area contributed by atoms with Gasteiger partial charge in [-0.05, 0) is 175 Å². The molecular weight excluding hydrogens is 1010 g/mol. The molecule has 3 aromatic heterocycles. The summed E-state index contributed by atoms with van der Waals surface area (Å²) in [6.07, 6.45) is 0. The van der Waals surface area contributed by atoms with Crippen molar-refractivity contribution >= 4 is 125 Å². The molecule has 0 aliphatic carbocycles. The zero-order chi connectivity index (χ0) is 53.8. The first kappa shape index (κ1) is 46.4. The van der Waals surface area contributed by atoms with Gasteiger partial charge < -0.3 is 14.0 Å². The number of fused-ring (bicyclic) bond motifs is 15. The minimum absolute atomic E-state index is 1.09. The van der Waals surface area contributed by atoms with E-state index in [0.29, 0.717) is 0 Å². The normalized spacial score (nSPS) is 11.9. The van der Waals surface area contributed by atoms with Gasteiger partial charge in [0.25, 0.3) is 0 Å². The Morgan fingerprint density at radius 3 is 1.24 bits per heavy atom. The topological polar surface area (TPSA) is 13.1 Å². The highest BCUT2D eigenvalue weighted by atomic mass is 32.1. The highest BCUT2D eigenvalue weighted by Gasteiger charge is 2.20. The molecule has 3 heterocycles. The summed E-state index contributed by atoms with van der Waals surface area (Å²) in [6.45, 7) is 0. The third-order valence-electron chi connectivity index (χ3n) is 17.1. The Labute approximate surface area is 477 Å². The zero-order valence-electron chi connectivity index (χ0n) is 44.5. The van der Waals surface area contributed by atoms with Gasteiger partial charge >= 0.3 is 0 Å². The number of hydrogen-bond acceptors (Lipinski definition) is 2. The van der Waals surface area contributed by atoms with Crippen LogP contribution >= 0.6 is 11.3 Å². The van der Waals surface area contributed by atoms with E-state index in [1.165, 1.54) is 124 Å². The van der Waals surface area contributed by atoms with Crippen molar-refractivity contribution in [2.24, 2.45) is 0 Å². The molecule has 0 saturated carbocycles. The smallest absolute Gasteiger partial charge is 0.0541 e. The molecule has 4 heteroatoms. The van der Waals surface area contributed by atoms with Gasteiger partial charge in [-0.3, -0.25) is 0 Å². The average molecular weight is 1060 g/mol. The highest BCUT2D eigenvalue weighted by Crippen LogP contribution is 2.44. The van der Waals surface area contributed by atoms with Gasteiger partial charge in [-0.1, -0.05) is 188 Å². The third kappa shape index (κ3) is 7.29. The number of anilines is 3. The number of nitrogens with zero attached hydrogens (tertiary/aromatic N) is 3. The SMILES string of the molecule is c1ccc(N(c2ccc(-c3ccc4c(c3)c3cc(-c5ccc(-n6c7ccccc7c7ccccc76)cc5)ccc3n4-c3ccc4c5ccccc5c5ccccc5c4c3)cc2)c2ccc(-c3cccc4sc5ccccc5c34)cc2)cc1. The molecule has 3 nitrogen and oxygen atoms in total. The van der Waals surface area contributed by atoms with Crippen LogP contribution in [0.25, 0.3) is 141 Å². The molecule has 0 saturated heterocycles. The van der Waals surface area contributed by atoms with E-state index >= 15 is 0 Å². The van der Waals surface area contributed by atoms with Crippen molar-refractivity contribution in [1.29, 1.82) is 0 Å². The fraction of sp³-hybridized carbons (Fsp3) is 0. The van der Waals surface area contributed by atoms with E-state index in [9.17, 15) is 0 Å². The predicted molar refractivity (Wildman–Crippen MR) is 352 cm³/mol. The van der Waals surface area contributed by atoms with Gasteiger partial charge in [-0.25, -0.2) is 0 Å². The third-order valence-corrected chi connectivity index (χ3v) is 18.2. The molecule has 0 unspecified atom stereocenters. The van der Waals surface area contributed by atoms with Gasteiger partial charge in [0.1, 0.15) is 0 Å². The average Bonchev–Trinajstić information content (AvgIpc) is 4.36. The lowest BCUT2D eigenvalue weighted by Gasteiger charge is -2.26. The maximum Gasteiger partial charge on any atom is 0.0541 e. The first-order chi connectivity index (χ1) is 40.7. The summed E-state index contributed by atoms with van der Waals surface area (Å²) < 4.78 is 7.50. The van der Waals surface area contributed by atoms with Crippen LogP contribution in [-0.4, -0.2) is 9.13 Å². The van der Waals surface area contributed by atoms with Crippen LogP contribution in [-0.2, 0) is 0 Å². The number of thiophene rings is 1. The molecule has 17 aromatic rings. The number of benzene rings is 14. The first-order valence-electron chi connectivity index (χ1n) is 28.1. The van der Waals surface area contributed by atoms with Gasteiger partial charge in [0.05, 0.1) is 22.1 Å². The Morgan fingerprint density at radius 1 is 0.232 bits per heavy atom. The summed E-state index contributed by atoms with van der Waals surface area (Å²) in [7, 11) is 0. The molecule has 0 spiro atoms. The number of para-hydroxylation sites is 3. The van der Waals surface area contributed by atoms with Gasteiger partial charge in [0.15, 0.2) is 0 Å². The van der Waals surface area contributed by atoms with E-state index in [-0.39, 0.29) is 0 Å². The zero-order valence-corrected chi connectivity index (χ0v) is 45.4. The van der Waals surface area contributed by atoms with E-state index in [1.54, 1.807) is 0 Å². The summed E-state index contributed by atoms with van der Waals surface area (Å²) in [5, 5.41) is 15.2. The van der Waals surface area contributed by atoms with Crippen molar-refractivity contribution in [3.05, 3.63) is 297 Å². The molecule has 17 rings (SSSR count). The monoisotopic (exact) mass is 1060 g/mol. The van der Waals surface area contributed by atoms with Crippen LogP contribution in [0.2, 0.25) is 0 Å².